The molecule has 1 amide bonds. The van der Waals surface area contributed by atoms with Crippen molar-refractivity contribution in [3.05, 3.63) is 94.5 Å². The number of sulfonamides is 1. The van der Waals surface area contributed by atoms with Crippen LogP contribution in [0.3, 0.4) is 0 Å². The summed E-state index contributed by atoms with van der Waals surface area (Å²) >= 11 is 6.11. The number of amides is 1. The van der Waals surface area contributed by atoms with Gasteiger partial charge in [-0.1, -0.05) is 54.1 Å². The Morgan fingerprint density at radius 3 is 2.42 bits per heavy atom. The highest BCUT2D eigenvalue weighted by Gasteiger charge is 2.23. The molecule has 1 atom stereocenters. The van der Waals surface area contributed by atoms with E-state index in [1.807, 2.05) is 43.3 Å². The predicted octanol–water partition coefficient (Wildman–Crippen LogP) is 4.31. The molecule has 33 heavy (non-hydrogen) atoms. The Morgan fingerprint density at radius 1 is 1.00 bits per heavy atom. The van der Waals surface area contributed by atoms with Gasteiger partial charge in [-0.15, -0.1) is 0 Å². The lowest BCUT2D eigenvalue weighted by molar-refractivity contribution is -0.129. The van der Waals surface area contributed by atoms with Gasteiger partial charge in [-0.05, 0) is 55.3 Å². The minimum Gasteiger partial charge on any atom is -0.449 e. The van der Waals surface area contributed by atoms with Crippen molar-refractivity contribution in [2.45, 2.75) is 31.4 Å². The first-order chi connectivity index (χ1) is 15.7. The molecule has 0 saturated heterocycles. The van der Waals surface area contributed by atoms with Crippen molar-refractivity contribution in [1.29, 1.82) is 0 Å². The summed E-state index contributed by atoms with van der Waals surface area (Å²) in [4.78, 5) is 24.8. The molecule has 172 valence electrons. The number of esters is 1. The normalized spacial score (nSPS) is 12.0. The molecule has 0 aromatic heterocycles. The molecule has 3 aromatic rings. The Balaban J connectivity index is 1.70. The molecule has 0 saturated carbocycles. The van der Waals surface area contributed by atoms with E-state index in [0.29, 0.717) is 5.69 Å². The standard InChI is InChI=1S/C24H23ClN2O5S/c1-16-7-6-10-19(13-16)27-33(30,31)20-11-12-22(25)21(14-20)24(29)32-17(2)23(28)26-15-18-8-4-3-5-9-18/h3-14,17,27H,15H2,1-2H3,(H,26,28). The predicted molar refractivity (Wildman–Crippen MR) is 127 cm³/mol. The molecule has 0 aliphatic rings. The summed E-state index contributed by atoms with van der Waals surface area (Å²) in [6.45, 7) is 3.54. The molecule has 3 rings (SSSR count). The lowest BCUT2D eigenvalue weighted by atomic mass is 10.2. The highest BCUT2D eigenvalue weighted by Crippen LogP contribution is 2.24. The van der Waals surface area contributed by atoms with Crippen LogP contribution >= 0.6 is 11.6 Å². The third-order valence-corrected chi connectivity index (χ3v) is 6.41. The van der Waals surface area contributed by atoms with Gasteiger partial charge in [0.15, 0.2) is 6.10 Å². The molecule has 3 aromatic carbocycles. The fourth-order valence-corrected chi connectivity index (χ4v) is 4.23. The molecule has 0 aliphatic heterocycles. The number of nitrogens with one attached hydrogen (secondary N) is 2. The van der Waals surface area contributed by atoms with Crippen LogP contribution in [0.25, 0.3) is 0 Å². The average molecular weight is 487 g/mol. The zero-order valence-corrected chi connectivity index (χ0v) is 19.6. The first-order valence-electron chi connectivity index (χ1n) is 10.1. The van der Waals surface area contributed by atoms with E-state index in [-0.39, 0.29) is 22.0 Å². The number of hydrogen-bond acceptors (Lipinski definition) is 5. The summed E-state index contributed by atoms with van der Waals surface area (Å²) in [6.07, 6.45) is -1.11. The van der Waals surface area contributed by atoms with Crippen molar-refractivity contribution in [3.8, 4) is 0 Å². The molecule has 0 fully saturated rings. The van der Waals surface area contributed by atoms with Gasteiger partial charge in [-0.2, -0.15) is 0 Å². The molecule has 0 aliphatic carbocycles. The first kappa shape index (κ1) is 24.3. The number of rotatable bonds is 8. The van der Waals surface area contributed by atoms with Crippen molar-refractivity contribution in [3.63, 3.8) is 0 Å². The molecule has 0 radical (unpaired) electrons. The third-order valence-electron chi connectivity index (χ3n) is 4.70. The molecule has 1 unspecified atom stereocenters. The lowest BCUT2D eigenvalue weighted by Gasteiger charge is -2.15. The van der Waals surface area contributed by atoms with Gasteiger partial charge in [0.05, 0.1) is 15.5 Å². The summed E-state index contributed by atoms with van der Waals surface area (Å²) in [5.41, 5.74) is 2.01. The Labute approximate surface area is 197 Å². The summed E-state index contributed by atoms with van der Waals surface area (Å²) in [5, 5.41) is 2.69. The molecular formula is C24H23ClN2O5S. The maximum atomic E-state index is 12.8. The van der Waals surface area contributed by atoms with E-state index in [2.05, 4.69) is 10.0 Å². The summed E-state index contributed by atoms with van der Waals surface area (Å²) in [7, 11) is -3.98. The van der Waals surface area contributed by atoms with E-state index in [0.717, 1.165) is 17.2 Å². The zero-order valence-electron chi connectivity index (χ0n) is 18.0. The molecule has 9 heteroatoms. The number of hydrogen-bond donors (Lipinski definition) is 2. The number of aryl methyl sites for hydroxylation is 1. The second-order valence-corrected chi connectivity index (χ2v) is 9.46. The average Bonchev–Trinajstić information content (AvgIpc) is 2.77. The topological polar surface area (TPSA) is 102 Å². The molecule has 2 N–H and O–H groups in total. The Bertz CT molecular complexity index is 1260. The second kappa shape index (κ2) is 10.5. The van der Waals surface area contributed by atoms with Crippen LogP contribution in [0.4, 0.5) is 5.69 Å². The SMILES string of the molecule is Cc1cccc(NS(=O)(=O)c2ccc(Cl)c(C(=O)OC(C)C(=O)NCc3ccccc3)c2)c1. The number of halogens is 1. The van der Waals surface area contributed by atoms with E-state index in [4.69, 9.17) is 16.3 Å². The third kappa shape index (κ3) is 6.57. The maximum absolute atomic E-state index is 12.8. The van der Waals surface area contributed by atoms with Crippen LogP contribution in [0.5, 0.6) is 0 Å². The molecular weight excluding hydrogens is 464 g/mol. The lowest BCUT2D eigenvalue weighted by Crippen LogP contribution is -2.35. The Morgan fingerprint density at radius 2 is 1.73 bits per heavy atom. The van der Waals surface area contributed by atoms with Crippen LogP contribution in [0.15, 0.2) is 77.7 Å². The number of carbonyl (C=O) groups excluding carboxylic acids is 2. The summed E-state index contributed by atoms with van der Waals surface area (Å²) in [5.74, 6) is -1.40. The molecule has 0 bridgehead atoms. The van der Waals surface area contributed by atoms with Gasteiger partial charge in [-0.3, -0.25) is 9.52 Å². The van der Waals surface area contributed by atoms with Crippen molar-refractivity contribution < 1.29 is 22.7 Å². The molecule has 0 heterocycles. The quantitative estimate of drug-likeness (QED) is 0.462. The first-order valence-corrected chi connectivity index (χ1v) is 11.9. The largest absolute Gasteiger partial charge is 0.449 e. The smallest absolute Gasteiger partial charge is 0.340 e. The van der Waals surface area contributed by atoms with Crippen LogP contribution in [0.1, 0.15) is 28.4 Å². The fourth-order valence-electron chi connectivity index (χ4n) is 2.96. The van der Waals surface area contributed by atoms with Crippen molar-refractivity contribution in [1.82, 2.24) is 5.32 Å². The van der Waals surface area contributed by atoms with Crippen LogP contribution in [-0.2, 0) is 26.1 Å². The highest BCUT2D eigenvalue weighted by molar-refractivity contribution is 7.92. The van der Waals surface area contributed by atoms with Crippen molar-refractivity contribution in [2.24, 2.45) is 0 Å². The Kier molecular flexibility index (Phi) is 7.73. The summed E-state index contributed by atoms with van der Waals surface area (Å²) < 4.78 is 33.2. The molecule has 0 spiro atoms. The number of anilines is 1. The van der Waals surface area contributed by atoms with Crippen molar-refractivity contribution in [2.75, 3.05) is 4.72 Å². The van der Waals surface area contributed by atoms with Gasteiger partial charge < -0.3 is 10.1 Å². The fraction of sp³-hybridized carbons (Fsp3) is 0.167. The van der Waals surface area contributed by atoms with Gasteiger partial charge in [0, 0.05) is 12.2 Å². The minimum atomic E-state index is -3.98. The number of benzene rings is 3. The molecule has 7 nitrogen and oxygen atoms in total. The van der Waals surface area contributed by atoms with Crippen molar-refractivity contribution >= 4 is 39.2 Å². The van der Waals surface area contributed by atoms with Gasteiger partial charge >= 0.3 is 5.97 Å². The summed E-state index contributed by atoms with van der Waals surface area (Å²) in [6, 6.07) is 19.8. The van der Waals surface area contributed by atoms with Crippen LogP contribution in [0.2, 0.25) is 5.02 Å². The zero-order chi connectivity index (χ0) is 24.0. The van der Waals surface area contributed by atoms with Gasteiger partial charge in [0.2, 0.25) is 0 Å². The van der Waals surface area contributed by atoms with Gasteiger partial charge in [0.1, 0.15) is 0 Å². The van der Waals surface area contributed by atoms with Crippen LogP contribution < -0.4 is 10.0 Å². The monoisotopic (exact) mass is 486 g/mol. The maximum Gasteiger partial charge on any atom is 0.340 e. The minimum absolute atomic E-state index is 0.00593. The van der Waals surface area contributed by atoms with Crippen LogP contribution in [-0.4, -0.2) is 26.4 Å². The van der Waals surface area contributed by atoms with E-state index in [9.17, 15) is 18.0 Å². The van der Waals surface area contributed by atoms with Gasteiger partial charge in [0.25, 0.3) is 15.9 Å². The van der Waals surface area contributed by atoms with E-state index in [1.54, 1.807) is 18.2 Å². The second-order valence-electron chi connectivity index (χ2n) is 7.37. The van der Waals surface area contributed by atoms with Gasteiger partial charge in [-0.25, -0.2) is 13.2 Å². The number of ether oxygens (including phenoxy) is 1. The van der Waals surface area contributed by atoms with E-state index in [1.165, 1.54) is 19.1 Å². The number of carbonyl (C=O) groups is 2. The van der Waals surface area contributed by atoms with E-state index >= 15 is 0 Å². The van der Waals surface area contributed by atoms with Crippen LogP contribution in [0, 0.1) is 6.92 Å². The highest BCUT2D eigenvalue weighted by atomic mass is 35.5. The van der Waals surface area contributed by atoms with E-state index < -0.39 is 28.0 Å². The Hall–Kier alpha value is -3.36.